The number of carbonyl (C=O) groups excluding carboxylic acids is 2. The van der Waals surface area contributed by atoms with Crippen molar-refractivity contribution in [2.75, 3.05) is 5.32 Å². The number of benzene rings is 1. The van der Waals surface area contributed by atoms with Gasteiger partial charge < -0.3 is 10.6 Å². The summed E-state index contributed by atoms with van der Waals surface area (Å²) < 4.78 is 0. The summed E-state index contributed by atoms with van der Waals surface area (Å²) in [6, 6.07) is 5.88. The van der Waals surface area contributed by atoms with Crippen molar-refractivity contribution in [3.63, 3.8) is 0 Å². The lowest BCUT2D eigenvalue weighted by molar-refractivity contribution is -0.383. The van der Waals surface area contributed by atoms with Crippen LogP contribution >= 0.6 is 11.8 Å². The highest BCUT2D eigenvalue weighted by Gasteiger charge is 2.32. The quantitative estimate of drug-likeness (QED) is 0.416. The second-order valence-corrected chi connectivity index (χ2v) is 8.30. The molecule has 2 fully saturated rings. The number of carbonyl (C=O) groups is 2. The number of hydrogen-bond acceptors (Lipinski definition) is 7. The minimum atomic E-state index is -0.651. The highest BCUT2D eigenvalue weighted by molar-refractivity contribution is 8.15. The van der Waals surface area contributed by atoms with Crippen LogP contribution in [0.3, 0.4) is 0 Å². The van der Waals surface area contributed by atoms with Crippen molar-refractivity contribution in [3.8, 4) is 0 Å². The fourth-order valence-corrected chi connectivity index (χ4v) is 4.34. The van der Waals surface area contributed by atoms with Gasteiger partial charge in [0.05, 0.1) is 4.92 Å². The number of nitrogens with one attached hydrogen (secondary N) is 2. The van der Waals surface area contributed by atoms with Gasteiger partial charge in [-0.05, 0) is 31.7 Å². The second kappa shape index (κ2) is 9.64. The summed E-state index contributed by atoms with van der Waals surface area (Å²) in [5.74, 6) is -0.356. The molecule has 0 unspecified atom stereocenters. The van der Waals surface area contributed by atoms with E-state index in [9.17, 15) is 19.7 Å². The van der Waals surface area contributed by atoms with Crippen molar-refractivity contribution < 1.29 is 14.5 Å². The third-order valence-electron chi connectivity index (χ3n) is 5.02. The molecule has 1 aliphatic heterocycles. The van der Waals surface area contributed by atoms with Gasteiger partial charge in [0.2, 0.25) is 11.8 Å². The van der Waals surface area contributed by atoms with E-state index in [2.05, 4.69) is 20.8 Å². The largest absolute Gasteiger partial charge is 0.320 e. The highest BCUT2D eigenvalue weighted by atomic mass is 32.2. The number of amidine groups is 1. The molecule has 1 saturated carbocycles. The number of amides is 2. The molecule has 1 heterocycles. The predicted octanol–water partition coefficient (Wildman–Crippen LogP) is 3.47. The molecule has 1 aromatic rings. The standard InChI is InChI=1S/C19H23N5O4S/c1-12(13-7-3-2-4-8-13)22-23-19-21-18(26)16(29-19)11-17(25)20-14-9-5-6-10-15(14)24(27)28/h5-6,9-10,13,16H,2-4,7-8,11H2,1H3,(H,20,25)(H,21,23,26)/b22-12-/t16-/m0/s1. The molecule has 2 amide bonds. The van der Waals surface area contributed by atoms with E-state index in [1.54, 1.807) is 6.07 Å². The van der Waals surface area contributed by atoms with E-state index in [0.717, 1.165) is 30.3 Å². The maximum atomic E-state index is 12.3. The molecule has 2 aliphatic rings. The van der Waals surface area contributed by atoms with Gasteiger partial charge in [0.1, 0.15) is 10.9 Å². The zero-order chi connectivity index (χ0) is 20.8. The van der Waals surface area contributed by atoms with E-state index in [1.807, 2.05) is 6.92 Å². The Kier molecular flexibility index (Phi) is 6.97. The summed E-state index contributed by atoms with van der Waals surface area (Å²) >= 11 is 1.14. The molecule has 29 heavy (non-hydrogen) atoms. The van der Waals surface area contributed by atoms with Crippen LogP contribution in [0.1, 0.15) is 45.4 Å². The maximum absolute atomic E-state index is 12.3. The molecule has 3 rings (SSSR count). The molecule has 0 spiro atoms. The molecule has 2 N–H and O–H groups in total. The minimum Gasteiger partial charge on any atom is -0.320 e. The number of thioether (sulfide) groups is 1. The van der Waals surface area contributed by atoms with Crippen LogP contribution < -0.4 is 10.6 Å². The lowest BCUT2D eigenvalue weighted by atomic mass is 9.86. The van der Waals surface area contributed by atoms with Crippen LogP contribution in [0.2, 0.25) is 0 Å². The van der Waals surface area contributed by atoms with Gasteiger partial charge in [-0.2, -0.15) is 5.10 Å². The fourth-order valence-electron chi connectivity index (χ4n) is 3.42. The van der Waals surface area contributed by atoms with Crippen molar-refractivity contribution in [1.29, 1.82) is 0 Å². The first kappa shape index (κ1) is 21.0. The first-order valence-corrected chi connectivity index (χ1v) is 10.4. The van der Waals surface area contributed by atoms with Crippen LogP contribution in [0.15, 0.2) is 34.5 Å². The lowest BCUT2D eigenvalue weighted by Crippen LogP contribution is -2.28. The Bertz CT molecular complexity index is 864. The zero-order valence-electron chi connectivity index (χ0n) is 16.1. The van der Waals surface area contributed by atoms with Crippen LogP contribution in [-0.2, 0) is 9.59 Å². The third kappa shape index (κ3) is 5.63. The summed E-state index contributed by atoms with van der Waals surface area (Å²) in [6.45, 7) is 1.96. The summed E-state index contributed by atoms with van der Waals surface area (Å²) in [5, 5.41) is 24.3. The van der Waals surface area contributed by atoms with E-state index >= 15 is 0 Å². The van der Waals surface area contributed by atoms with Crippen molar-refractivity contribution in [3.05, 3.63) is 34.4 Å². The average molecular weight is 417 g/mol. The maximum Gasteiger partial charge on any atom is 0.292 e. The average Bonchev–Trinajstić information content (AvgIpc) is 3.06. The van der Waals surface area contributed by atoms with Gasteiger partial charge in [-0.25, -0.2) is 0 Å². The molecule has 10 heteroatoms. The highest BCUT2D eigenvalue weighted by Crippen LogP contribution is 2.27. The summed E-state index contributed by atoms with van der Waals surface area (Å²) in [4.78, 5) is 34.9. The van der Waals surface area contributed by atoms with Crippen LogP contribution in [0.4, 0.5) is 11.4 Å². The Balaban J connectivity index is 1.58. The smallest absolute Gasteiger partial charge is 0.292 e. The van der Waals surface area contributed by atoms with E-state index in [1.165, 1.54) is 37.5 Å². The number of para-hydroxylation sites is 2. The molecule has 0 aromatic heterocycles. The van der Waals surface area contributed by atoms with Gasteiger partial charge in [0.25, 0.3) is 5.69 Å². The molecular formula is C19H23N5O4S. The summed E-state index contributed by atoms with van der Waals surface area (Å²) in [7, 11) is 0. The fraction of sp³-hybridized carbons (Fsp3) is 0.474. The molecule has 1 aliphatic carbocycles. The zero-order valence-corrected chi connectivity index (χ0v) is 16.9. The number of rotatable bonds is 6. The van der Waals surface area contributed by atoms with Crippen molar-refractivity contribution in [2.24, 2.45) is 16.1 Å². The number of nitrogens with zero attached hydrogens (tertiary/aromatic N) is 3. The Hall–Kier alpha value is -2.75. The third-order valence-corrected chi connectivity index (χ3v) is 6.09. The first-order chi connectivity index (χ1) is 13.9. The van der Waals surface area contributed by atoms with Crippen LogP contribution in [0.5, 0.6) is 0 Å². The molecular weight excluding hydrogens is 394 g/mol. The summed E-state index contributed by atoms with van der Waals surface area (Å²) in [5.41, 5.74) is 0.872. The molecule has 1 atom stereocenters. The van der Waals surface area contributed by atoms with Crippen LogP contribution in [0.25, 0.3) is 0 Å². The van der Waals surface area contributed by atoms with Crippen molar-refractivity contribution >= 4 is 45.8 Å². The van der Waals surface area contributed by atoms with Crippen molar-refractivity contribution in [2.45, 2.75) is 50.7 Å². The van der Waals surface area contributed by atoms with Crippen LogP contribution in [0, 0.1) is 16.0 Å². The van der Waals surface area contributed by atoms with E-state index in [4.69, 9.17) is 0 Å². The molecule has 0 bridgehead atoms. The van der Waals surface area contributed by atoms with E-state index in [-0.39, 0.29) is 23.7 Å². The van der Waals surface area contributed by atoms with Crippen LogP contribution in [-0.4, -0.2) is 32.9 Å². The Labute approximate surface area is 172 Å². The molecule has 154 valence electrons. The molecule has 9 nitrogen and oxygen atoms in total. The number of nitro groups is 1. The van der Waals surface area contributed by atoms with E-state index < -0.39 is 16.1 Å². The Morgan fingerprint density at radius 1 is 1.31 bits per heavy atom. The van der Waals surface area contributed by atoms with Gasteiger partial charge >= 0.3 is 0 Å². The lowest BCUT2D eigenvalue weighted by Gasteiger charge is -2.20. The van der Waals surface area contributed by atoms with Gasteiger partial charge in [0.15, 0.2) is 5.17 Å². The topological polar surface area (TPSA) is 126 Å². The SMILES string of the molecule is C/C(=N/N=C1\NC(=O)[C@H](CC(=O)Nc2ccccc2[N+](=O)[O-])S1)C1CCCCC1. The van der Waals surface area contributed by atoms with Crippen molar-refractivity contribution in [1.82, 2.24) is 5.32 Å². The Morgan fingerprint density at radius 2 is 2.03 bits per heavy atom. The number of anilines is 1. The molecule has 1 saturated heterocycles. The second-order valence-electron chi connectivity index (χ2n) is 7.10. The first-order valence-electron chi connectivity index (χ1n) is 9.57. The normalized spacial score (nSPS) is 21.8. The van der Waals surface area contributed by atoms with Gasteiger partial charge in [-0.1, -0.05) is 43.2 Å². The van der Waals surface area contributed by atoms with Gasteiger partial charge in [-0.3, -0.25) is 19.7 Å². The monoisotopic (exact) mass is 417 g/mol. The minimum absolute atomic E-state index is 0.104. The number of hydrogen-bond donors (Lipinski definition) is 2. The molecule has 0 radical (unpaired) electrons. The number of nitro benzene ring substituents is 1. The van der Waals surface area contributed by atoms with Gasteiger partial charge in [0, 0.05) is 18.2 Å². The summed E-state index contributed by atoms with van der Waals surface area (Å²) in [6.07, 6.45) is 5.79. The Morgan fingerprint density at radius 3 is 2.76 bits per heavy atom. The molecule has 1 aromatic carbocycles. The predicted molar refractivity (Wildman–Crippen MR) is 113 cm³/mol. The van der Waals surface area contributed by atoms with Gasteiger partial charge in [-0.15, -0.1) is 5.10 Å². The van der Waals surface area contributed by atoms with E-state index in [0.29, 0.717) is 11.1 Å².